The van der Waals surface area contributed by atoms with Gasteiger partial charge in [-0.05, 0) is 66.8 Å². The Morgan fingerprint density at radius 3 is 1.79 bits per heavy atom. The third-order valence-corrected chi connectivity index (χ3v) is 5.13. The molecule has 0 N–H and O–H groups in total. The van der Waals surface area contributed by atoms with Crippen molar-refractivity contribution in [2.45, 2.75) is 57.5 Å². The first-order chi connectivity index (χ1) is 13.7. The molecule has 3 nitrogen and oxygen atoms in total. The molecule has 29 heavy (non-hydrogen) atoms. The van der Waals surface area contributed by atoms with E-state index in [1.54, 1.807) is 0 Å². The van der Waals surface area contributed by atoms with Crippen LogP contribution in [0.5, 0.6) is 0 Å². The number of rotatable bonds is 3. The van der Waals surface area contributed by atoms with Gasteiger partial charge >= 0.3 is 11.9 Å². The van der Waals surface area contributed by atoms with E-state index in [-0.39, 0.29) is 11.8 Å². The zero-order valence-electron chi connectivity index (χ0n) is 16.1. The second kappa shape index (κ2) is 9.33. The van der Waals surface area contributed by atoms with Crippen LogP contribution in [0, 0.1) is 21.7 Å². The highest BCUT2D eigenvalue weighted by atomic mass is 19.4. The van der Waals surface area contributed by atoms with Crippen LogP contribution in [0.3, 0.4) is 0 Å². The first kappa shape index (κ1) is 22.8. The van der Waals surface area contributed by atoms with Gasteiger partial charge in [0.2, 0.25) is 5.82 Å². The van der Waals surface area contributed by atoms with Crippen molar-refractivity contribution in [2.24, 2.45) is 0 Å². The number of hydrogen-bond acceptors (Lipinski definition) is 2. The van der Waals surface area contributed by atoms with Crippen LogP contribution in [0.4, 0.5) is 27.6 Å². The third-order valence-electron chi connectivity index (χ3n) is 5.13. The molecule has 0 atom stereocenters. The van der Waals surface area contributed by atoms with E-state index in [9.17, 15) is 32.1 Å². The van der Waals surface area contributed by atoms with E-state index in [2.05, 4.69) is 0 Å². The Bertz CT molecular complexity index is 859. The number of benzene rings is 2. The lowest BCUT2D eigenvalue weighted by molar-refractivity contribution is -0.387. The van der Waals surface area contributed by atoms with Crippen LogP contribution in [0.2, 0.25) is 0 Å². The van der Waals surface area contributed by atoms with Gasteiger partial charge in [0, 0.05) is 6.07 Å². The average Bonchev–Trinajstić information content (AvgIpc) is 2.69. The summed E-state index contributed by atoms with van der Waals surface area (Å²) < 4.78 is 65.9. The fraction of sp³-hybridized carbons (Fsp3) is 0.429. The number of nitro groups is 1. The Morgan fingerprint density at radius 2 is 1.34 bits per heavy atom. The predicted molar refractivity (Wildman–Crippen MR) is 99.8 cm³/mol. The van der Waals surface area contributed by atoms with Gasteiger partial charge in [0.25, 0.3) is 0 Å². The molecule has 0 spiro atoms. The van der Waals surface area contributed by atoms with Crippen molar-refractivity contribution in [1.82, 2.24) is 0 Å². The standard InChI is InChI=1S/C19H16F5NO2.C2H6/c20-16-7-5-13(9-15(16)19(22,23)24)11-1-3-12(4-2-11)14-6-8-18(25(26)27)17(21)10-14;1-2/h5-12H,1-4H2;1-2H3. The normalized spacial score (nSPS) is 19.3. The Labute approximate surface area is 165 Å². The maximum absolute atomic E-state index is 13.8. The summed E-state index contributed by atoms with van der Waals surface area (Å²) in [5, 5.41) is 10.7. The number of hydrogen-bond donors (Lipinski definition) is 0. The second-order valence-electron chi connectivity index (χ2n) is 6.75. The zero-order valence-corrected chi connectivity index (χ0v) is 16.1. The SMILES string of the molecule is CC.O=[N+]([O-])c1ccc(C2CCC(c3ccc(F)c(C(F)(F)F)c3)CC2)cc1F. The van der Waals surface area contributed by atoms with E-state index in [1.165, 1.54) is 12.1 Å². The van der Waals surface area contributed by atoms with Crippen LogP contribution in [0.1, 0.15) is 68.1 Å². The molecule has 1 fully saturated rings. The first-order valence-corrected chi connectivity index (χ1v) is 9.47. The fourth-order valence-electron chi connectivity index (χ4n) is 3.70. The molecule has 1 aliphatic rings. The highest BCUT2D eigenvalue weighted by Gasteiger charge is 2.35. The third kappa shape index (κ3) is 5.31. The van der Waals surface area contributed by atoms with Crippen LogP contribution < -0.4 is 0 Å². The molecule has 0 heterocycles. The molecule has 3 rings (SSSR count). The average molecular weight is 415 g/mol. The Kier molecular flexibility index (Phi) is 7.32. The van der Waals surface area contributed by atoms with Crippen LogP contribution in [0.25, 0.3) is 0 Å². The molecule has 0 amide bonds. The van der Waals surface area contributed by atoms with Crippen LogP contribution in [0.15, 0.2) is 36.4 Å². The van der Waals surface area contributed by atoms with Gasteiger partial charge in [0.1, 0.15) is 5.82 Å². The van der Waals surface area contributed by atoms with Crippen molar-refractivity contribution in [3.05, 3.63) is 74.8 Å². The lowest BCUT2D eigenvalue weighted by Crippen LogP contribution is -2.14. The van der Waals surface area contributed by atoms with Crippen LogP contribution >= 0.6 is 0 Å². The Balaban J connectivity index is 0.00000145. The molecule has 0 radical (unpaired) electrons. The van der Waals surface area contributed by atoms with E-state index in [4.69, 9.17) is 0 Å². The van der Waals surface area contributed by atoms with Gasteiger partial charge < -0.3 is 0 Å². The number of nitrogens with zero attached hydrogens (tertiary/aromatic N) is 1. The van der Waals surface area contributed by atoms with E-state index in [0.29, 0.717) is 36.8 Å². The summed E-state index contributed by atoms with van der Waals surface area (Å²) in [4.78, 5) is 9.90. The Morgan fingerprint density at radius 1 is 0.862 bits per heavy atom. The van der Waals surface area contributed by atoms with Crippen molar-refractivity contribution in [3.63, 3.8) is 0 Å². The first-order valence-electron chi connectivity index (χ1n) is 9.47. The topological polar surface area (TPSA) is 43.1 Å². The monoisotopic (exact) mass is 415 g/mol. The van der Waals surface area contributed by atoms with Gasteiger partial charge in [-0.25, -0.2) is 4.39 Å². The molecule has 0 bridgehead atoms. The van der Waals surface area contributed by atoms with Gasteiger partial charge in [-0.3, -0.25) is 10.1 Å². The van der Waals surface area contributed by atoms with E-state index >= 15 is 0 Å². The fourth-order valence-corrected chi connectivity index (χ4v) is 3.70. The molecule has 1 aliphatic carbocycles. The summed E-state index contributed by atoms with van der Waals surface area (Å²) in [7, 11) is 0. The van der Waals surface area contributed by atoms with Gasteiger partial charge in [-0.1, -0.05) is 26.0 Å². The molecule has 8 heteroatoms. The largest absolute Gasteiger partial charge is 0.419 e. The van der Waals surface area contributed by atoms with E-state index in [1.807, 2.05) is 13.8 Å². The summed E-state index contributed by atoms with van der Waals surface area (Å²) in [6.45, 7) is 4.00. The number of nitro benzene ring substituents is 1. The summed E-state index contributed by atoms with van der Waals surface area (Å²) in [6, 6.07) is 6.89. The maximum atomic E-state index is 13.8. The van der Waals surface area contributed by atoms with Crippen LogP contribution in [-0.2, 0) is 6.18 Å². The van der Waals surface area contributed by atoms with Crippen LogP contribution in [-0.4, -0.2) is 4.92 Å². The summed E-state index contributed by atoms with van der Waals surface area (Å²) in [5.41, 5.74) is -0.762. The molecule has 0 aromatic heterocycles. The molecule has 1 saturated carbocycles. The molecule has 0 unspecified atom stereocenters. The van der Waals surface area contributed by atoms with Gasteiger partial charge in [0.15, 0.2) is 0 Å². The second-order valence-corrected chi connectivity index (χ2v) is 6.75. The van der Waals surface area contributed by atoms with Crippen molar-refractivity contribution in [3.8, 4) is 0 Å². The zero-order chi connectivity index (χ0) is 21.8. The van der Waals surface area contributed by atoms with Crippen molar-refractivity contribution >= 4 is 5.69 Å². The summed E-state index contributed by atoms with van der Waals surface area (Å²) in [6.07, 6.45) is -2.37. The molecular weight excluding hydrogens is 393 g/mol. The summed E-state index contributed by atoms with van der Waals surface area (Å²) >= 11 is 0. The van der Waals surface area contributed by atoms with Crippen molar-refractivity contribution in [2.75, 3.05) is 0 Å². The van der Waals surface area contributed by atoms with E-state index in [0.717, 1.165) is 24.3 Å². The maximum Gasteiger partial charge on any atom is 0.419 e. The Hall–Kier alpha value is -2.51. The molecule has 158 valence electrons. The highest BCUT2D eigenvalue weighted by Crippen LogP contribution is 2.42. The lowest BCUT2D eigenvalue weighted by atomic mass is 9.76. The predicted octanol–water partition coefficient (Wildman–Crippen LogP) is 7.36. The molecule has 0 aliphatic heterocycles. The molecular formula is C21H22F5NO2. The van der Waals surface area contributed by atoms with Crippen molar-refractivity contribution in [1.29, 1.82) is 0 Å². The lowest BCUT2D eigenvalue weighted by Gasteiger charge is -2.29. The summed E-state index contributed by atoms with van der Waals surface area (Å²) in [5.74, 6) is -2.33. The van der Waals surface area contributed by atoms with Gasteiger partial charge in [-0.2, -0.15) is 17.6 Å². The van der Waals surface area contributed by atoms with Gasteiger partial charge in [-0.15, -0.1) is 0 Å². The van der Waals surface area contributed by atoms with Gasteiger partial charge in [0.05, 0.1) is 10.5 Å². The minimum Gasteiger partial charge on any atom is -0.258 e. The minimum absolute atomic E-state index is 0.0147. The number of alkyl halides is 3. The number of halogens is 5. The highest BCUT2D eigenvalue weighted by molar-refractivity contribution is 5.37. The smallest absolute Gasteiger partial charge is 0.258 e. The molecule has 2 aromatic carbocycles. The minimum atomic E-state index is -4.74. The van der Waals surface area contributed by atoms with E-state index < -0.39 is 34.0 Å². The van der Waals surface area contributed by atoms with Crippen molar-refractivity contribution < 1.29 is 26.9 Å². The molecule has 0 saturated heterocycles. The molecule has 2 aromatic rings. The quantitative estimate of drug-likeness (QED) is 0.299.